The van der Waals surface area contributed by atoms with Gasteiger partial charge < -0.3 is 32.1 Å². The molecule has 4 heterocycles. The van der Waals surface area contributed by atoms with E-state index in [1.807, 2.05) is 18.2 Å². The number of rotatable bonds is 7. The molecule has 10 heteroatoms. The summed E-state index contributed by atoms with van der Waals surface area (Å²) >= 11 is 0. The van der Waals surface area contributed by atoms with E-state index in [1.165, 1.54) is 11.8 Å². The molecule has 34 heavy (non-hydrogen) atoms. The minimum atomic E-state index is 0.141. The topological polar surface area (TPSA) is 153 Å². The average Bonchev–Trinajstić information content (AvgIpc) is 3.35. The molecule has 1 aromatic heterocycles. The van der Waals surface area contributed by atoms with E-state index in [2.05, 4.69) is 48.8 Å². The predicted molar refractivity (Wildman–Crippen MR) is 133 cm³/mol. The zero-order valence-corrected chi connectivity index (χ0v) is 18.6. The van der Waals surface area contributed by atoms with Crippen molar-refractivity contribution in [1.82, 2.24) is 20.5 Å². The van der Waals surface area contributed by atoms with Crippen LogP contribution in [0.4, 0.5) is 5.82 Å². The quantitative estimate of drug-likeness (QED) is 0.308. The first-order valence-corrected chi connectivity index (χ1v) is 10.8. The summed E-state index contributed by atoms with van der Waals surface area (Å²) < 4.78 is 0. The zero-order chi connectivity index (χ0) is 23.9. The molecule has 1 saturated heterocycles. The van der Waals surface area contributed by atoms with Gasteiger partial charge in [-0.15, -0.1) is 0 Å². The summed E-state index contributed by atoms with van der Waals surface area (Å²) in [5, 5.41) is 30.9. The van der Waals surface area contributed by atoms with E-state index in [0.29, 0.717) is 28.2 Å². The molecule has 0 amide bonds. The van der Waals surface area contributed by atoms with Gasteiger partial charge in [0.25, 0.3) is 0 Å². The van der Waals surface area contributed by atoms with Crippen molar-refractivity contribution in [3.8, 4) is 6.07 Å². The molecular formula is C24H26N10. The maximum Gasteiger partial charge on any atom is 0.129 e. The van der Waals surface area contributed by atoms with Crippen molar-refractivity contribution in [2.24, 2.45) is 10.7 Å². The number of nitriles is 1. The molecule has 1 aromatic rings. The third kappa shape index (κ3) is 4.79. The summed E-state index contributed by atoms with van der Waals surface area (Å²) in [4.78, 5) is 13.9. The normalized spacial score (nSPS) is 19.8. The van der Waals surface area contributed by atoms with Crippen LogP contribution in [-0.2, 0) is 0 Å². The fraction of sp³-hybridized carbons (Fsp3) is 0.208. The summed E-state index contributed by atoms with van der Waals surface area (Å²) in [6, 6.07) is 5.86. The molecule has 4 rings (SSSR count). The Bertz CT molecular complexity index is 1190. The van der Waals surface area contributed by atoms with Gasteiger partial charge >= 0.3 is 0 Å². The molecule has 10 nitrogen and oxygen atoms in total. The van der Waals surface area contributed by atoms with Gasteiger partial charge in [0.2, 0.25) is 0 Å². The maximum absolute atomic E-state index is 9.46. The van der Waals surface area contributed by atoms with Crippen LogP contribution in [0.25, 0.3) is 0 Å². The number of aliphatic imine (C=N–C) groups is 1. The highest BCUT2D eigenvalue weighted by molar-refractivity contribution is 6.16. The number of aromatic nitrogens is 1. The standard InChI is InChI=1S/C24H26N10/c25-8-19(9-26)21-14-31-23(20(10-27)11-28)24(32-21)18-3-4-22(30-13-18)34-7-6-33(16-34)15-17-2-1-5-29-12-17/h1-4,8-10,12-14,25,27,29,31H,5-7,15-16,26H2/b19-9+,23-20+,25-8?,27-10?. The Labute approximate surface area is 198 Å². The monoisotopic (exact) mass is 454 g/mol. The van der Waals surface area contributed by atoms with Crippen LogP contribution in [0.2, 0.25) is 0 Å². The molecule has 0 saturated carbocycles. The lowest BCUT2D eigenvalue weighted by atomic mass is 10.0. The SMILES string of the molecule is N#C/C(C=N)=C1/NC=C(/C(C=N)=C/N)N=C1c1ccc(N2CCN(CC3=CNCC=C3)C2)nc1. The van der Waals surface area contributed by atoms with Gasteiger partial charge in [-0.05, 0) is 17.7 Å². The number of anilines is 1. The van der Waals surface area contributed by atoms with Crippen LogP contribution in [0.5, 0.6) is 0 Å². The molecule has 1 fully saturated rings. The zero-order valence-electron chi connectivity index (χ0n) is 18.6. The van der Waals surface area contributed by atoms with Gasteiger partial charge in [0.15, 0.2) is 0 Å². The van der Waals surface area contributed by atoms with Crippen LogP contribution in [0.15, 0.2) is 82.2 Å². The molecule has 6 N–H and O–H groups in total. The van der Waals surface area contributed by atoms with E-state index < -0.39 is 0 Å². The number of nitrogens with zero attached hydrogens (tertiary/aromatic N) is 5. The molecule has 0 unspecified atom stereocenters. The van der Waals surface area contributed by atoms with Crippen molar-refractivity contribution in [2.45, 2.75) is 0 Å². The maximum atomic E-state index is 9.46. The van der Waals surface area contributed by atoms with Crippen molar-refractivity contribution in [3.63, 3.8) is 0 Å². The van der Waals surface area contributed by atoms with E-state index in [4.69, 9.17) is 16.6 Å². The number of pyridine rings is 1. The first kappa shape index (κ1) is 22.7. The lowest BCUT2D eigenvalue weighted by Gasteiger charge is -2.21. The molecule has 0 bridgehead atoms. The van der Waals surface area contributed by atoms with Gasteiger partial charge in [-0.2, -0.15) is 5.26 Å². The van der Waals surface area contributed by atoms with Crippen LogP contribution in [0, 0.1) is 22.1 Å². The van der Waals surface area contributed by atoms with E-state index >= 15 is 0 Å². The fourth-order valence-corrected chi connectivity index (χ4v) is 3.89. The summed E-state index contributed by atoms with van der Waals surface area (Å²) in [5.74, 6) is 0.859. The van der Waals surface area contributed by atoms with Crippen molar-refractivity contribution in [1.29, 1.82) is 16.1 Å². The summed E-state index contributed by atoms with van der Waals surface area (Å²) in [5.41, 5.74) is 9.47. The first-order valence-electron chi connectivity index (χ1n) is 10.8. The van der Waals surface area contributed by atoms with E-state index in [9.17, 15) is 5.26 Å². The Morgan fingerprint density at radius 1 is 1.24 bits per heavy atom. The summed E-state index contributed by atoms with van der Waals surface area (Å²) in [6.07, 6.45) is 13.0. The van der Waals surface area contributed by atoms with Crippen molar-refractivity contribution in [3.05, 3.63) is 82.8 Å². The van der Waals surface area contributed by atoms with Crippen LogP contribution < -0.4 is 21.3 Å². The van der Waals surface area contributed by atoms with Crippen molar-refractivity contribution < 1.29 is 0 Å². The minimum Gasteiger partial charge on any atom is -0.404 e. The van der Waals surface area contributed by atoms with Crippen molar-refractivity contribution in [2.75, 3.05) is 37.7 Å². The summed E-state index contributed by atoms with van der Waals surface area (Å²) in [6.45, 7) is 4.38. The van der Waals surface area contributed by atoms with Gasteiger partial charge in [-0.25, -0.2) is 9.98 Å². The second-order valence-corrected chi connectivity index (χ2v) is 7.84. The number of hydrogen-bond acceptors (Lipinski definition) is 10. The number of nitrogens with one attached hydrogen (secondary N) is 4. The highest BCUT2D eigenvalue weighted by Gasteiger charge is 2.23. The summed E-state index contributed by atoms with van der Waals surface area (Å²) in [7, 11) is 0. The first-order chi connectivity index (χ1) is 16.7. The highest BCUT2D eigenvalue weighted by Crippen LogP contribution is 2.23. The van der Waals surface area contributed by atoms with Crippen LogP contribution in [-0.4, -0.2) is 60.9 Å². The number of dihydropyridines is 1. The second-order valence-electron chi connectivity index (χ2n) is 7.84. The minimum absolute atomic E-state index is 0.141. The average molecular weight is 455 g/mol. The van der Waals surface area contributed by atoms with Crippen LogP contribution in [0.3, 0.4) is 0 Å². The molecule has 0 radical (unpaired) electrons. The van der Waals surface area contributed by atoms with Gasteiger partial charge in [0, 0.05) is 74.5 Å². The van der Waals surface area contributed by atoms with E-state index in [0.717, 1.165) is 51.1 Å². The molecule has 3 aliphatic rings. The Morgan fingerprint density at radius 3 is 2.76 bits per heavy atom. The number of allylic oxidation sites excluding steroid dienone is 3. The second kappa shape index (κ2) is 10.4. The van der Waals surface area contributed by atoms with Gasteiger partial charge in [-0.1, -0.05) is 12.2 Å². The number of nitrogens with two attached hydrogens (primary N) is 1. The molecule has 0 atom stereocenters. The van der Waals surface area contributed by atoms with E-state index in [-0.39, 0.29) is 5.57 Å². The Kier molecular flexibility index (Phi) is 6.95. The molecule has 0 spiro atoms. The molecule has 172 valence electrons. The smallest absolute Gasteiger partial charge is 0.129 e. The number of hydrogen-bond donors (Lipinski definition) is 5. The lowest BCUT2D eigenvalue weighted by molar-refractivity contribution is 0.373. The molecule has 0 aromatic carbocycles. The molecule has 0 aliphatic carbocycles. The third-order valence-electron chi connectivity index (χ3n) is 5.65. The molecule has 3 aliphatic heterocycles. The van der Waals surface area contributed by atoms with Gasteiger partial charge in [0.1, 0.15) is 11.9 Å². The van der Waals surface area contributed by atoms with Gasteiger partial charge in [-0.3, -0.25) is 4.90 Å². The van der Waals surface area contributed by atoms with Crippen LogP contribution >= 0.6 is 0 Å². The van der Waals surface area contributed by atoms with Crippen molar-refractivity contribution >= 4 is 24.0 Å². The Morgan fingerprint density at radius 2 is 2.12 bits per heavy atom. The lowest BCUT2D eigenvalue weighted by Crippen LogP contribution is -2.28. The Balaban J connectivity index is 1.55. The third-order valence-corrected chi connectivity index (χ3v) is 5.65. The Hall–Kier alpha value is -4.49. The van der Waals surface area contributed by atoms with E-state index in [1.54, 1.807) is 12.4 Å². The molecular weight excluding hydrogens is 428 g/mol. The highest BCUT2D eigenvalue weighted by atomic mass is 15.4. The largest absolute Gasteiger partial charge is 0.404 e. The fourth-order valence-electron chi connectivity index (χ4n) is 3.89. The predicted octanol–water partition coefficient (Wildman–Crippen LogP) is 1.36. The van der Waals surface area contributed by atoms with Crippen LogP contribution in [0.1, 0.15) is 5.56 Å². The van der Waals surface area contributed by atoms with Gasteiger partial charge in [0.05, 0.1) is 29.3 Å².